The molecule has 2 nitrogen and oxygen atoms in total. The summed E-state index contributed by atoms with van der Waals surface area (Å²) < 4.78 is 0. The minimum atomic E-state index is 0.640. The molecule has 0 aromatic heterocycles. The Kier molecular flexibility index (Phi) is 4.10. The smallest absolute Gasteiger partial charge is 0.0635 e. The summed E-state index contributed by atoms with van der Waals surface area (Å²) in [5.74, 6) is 1.75. The number of nitrogens with zero attached hydrogens (tertiary/aromatic N) is 1. The molecular weight excluding hydrogens is 148 g/mol. The highest BCUT2D eigenvalue weighted by molar-refractivity contribution is 4.77. The first-order valence-electron chi connectivity index (χ1n) is 4.92. The van der Waals surface area contributed by atoms with E-state index in [0.717, 1.165) is 24.9 Å². The van der Waals surface area contributed by atoms with Crippen molar-refractivity contribution in [3.63, 3.8) is 0 Å². The average molecular weight is 166 g/mol. The normalized spacial score (nSPS) is 28.7. The maximum atomic E-state index is 8.32. The van der Waals surface area contributed by atoms with E-state index in [4.69, 9.17) is 5.26 Å². The van der Waals surface area contributed by atoms with E-state index in [2.05, 4.69) is 18.3 Å². The third-order valence-corrected chi connectivity index (χ3v) is 2.86. The molecule has 1 aliphatic rings. The van der Waals surface area contributed by atoms with Crippen molar-refractivity contribution in [2.45, 2.75) is 32.6 Å². The van der Waals surface area contributed by atoms with Crippen LogP contribution < -0.4 is 5.32 Å². The molecule has 0 aromatic carbocycles. The van der Waals surface area contributed by atoms with Gasteiger partial charge in [-0.15, -0.1) is 0 Å². The summed E-state index contributed by atoms with van der Waals surface area (Å²) in [5, 5.41) is 11.7. The number of nitrogens with one attached hydrogen (secondary N) is 1. The summed E-state index contributed by atoms with van der Waals surface area (Å²) in [4.78, 5) is 0. The van der Waals surface area contributed by atoms with Crippen LogP contribution in [0.3, 0.4) is 0 Å². The van der Waals surface area contributed by atoms with Gasteiger partial charge in [0.25, 0.3) is 0 Å². The molecule has 1 fully saturated rings. The molecule has 0 aromatic rings. The molecule has 1 N–H and O–H groups in total. The van der Waals surface area contributed by atoms with E-state index in [1.807, 2.05) is 0 Å². The molecule has 1 aliphatic carbocycles. The SMILES string of the molecule is CC1CCCC1CNCCC#N. The number of hydrogen-bond donors (Lipinski definition) is 1. The lowest BCUT2D eigenvalue weighted by molar-refractivity contribution is 0.394. The van der Waals surface area contributed by atoms with Crippen LogP contribution in [0.1, 0.15) is 32.6 Å². The van der Waals surface area contributed by atoms with E-state index < -0.39 is 0 Å². The Balaban J connectivity index is 2.03. The molecule has 0 heterocycles. The van der Waals surface area contributed by atoms with E-state index in [0.29, 0.717) is 6.42 Å². The highest BCUT2D eigenvalue weighted by atomic mass is 14.9. The molecule has 0 bridgehead atoms. The predicted molar refractivity (Wildman–Crippen MR) is 49.6 cm³/mol. The largest absolute Gasteiger partial charge is 0.315 e. The second-order valence-corrected chi connectivity index (χ2v) is 3.78. The molecule has 1 rings (SSSR count). The maximum absolute atomic E-state index is 8.32. The zero-order valence-corrected chi connectivity index (χ0v) is 7.84. The number of hydrogen-bond acceptors (Lipinski definition) is 2. The topological polar surface area (TPSA) is 35.8 Å². The van der Waals surface area contributed by atoms with Crippen LogP contribution >= 0.6 is 0 Å². The van der Waals surface area contributed by atoms with Gasteiger partial charge in [0, 0.05) is 13.0 Å². The Morgan fingerprint density at radius 1 is 1.50 bits per heavy atom. The van der Waals surface area contributed by atoms with E-state index >= 15 is 0 Å². The molecule has 2 heteroatoms. The van der Waals surface area contributed by atoms with E-state index in [9.17, 15) is 0 Å². The lowest BCUT2D eigenvalue weighted by Crippen LogP contribution is -2.24. The second-order valence-electron chi connectivity index (χ2n) is 3.78. The maximum Gasteiger partial charge on any atom is 0.0635 e. The lowest BCUT2D eigenvalue weighted by atomic mass is 9.98. The van der Waals surface area contributed by atoms with Crippen LogP contribution in [0.2, 0.25) is 0 Å². The Bertz CT molecular complexity index is 160. The molecule has 12 heavy (non-hydrogen) atoms. The molecule has 2 atom stereocenters. The summed E-state index contributed by atoms with van der Waals surface area (Å²) in [6, 6.07) is 2.14. The van der Waals surface area contributed by atoms with Crippen LogP contribution in [0.25, 0.3) is 0 Å². The second kappa shape index (κ2) is 5.16. The van der Waals surface area contributed by atoms with Gasteiger partial charge in [0.2, 0.25) is 0 Å². The predicted octanol–water partition coefficient (Wildman–Crippen LogP) is 1.93. The van der Waals surface area contributed by atoms with Crippen molar-refractivity contribution < 1.29 is 0 Å². The van der Waals surface area contributed by atoms with Crippen LogP contribution in [0, 0.1) is 23.2 Å². The number of rotatable bonds is 4. The van der Waals surface area contributed by atoms with E-state index in [1.165, 1.54) is 19.3 Å². The van der Waals surface area contributed by atoms with Crippen molar-refractivity contribution in [1.29, 1.82) is 5.26 Å². The van der Waals surface area contributed by atoms with Crippen LogP contribution in [0.5, 0.6) is 0 Å². The van der Waals surface area contributed by atoms with Crippen LogP contribution in [0.15, 0.2) is 0 Å². The van der Waals surface area contributed by atoms with Gasteiger partial charge in [0.1, 0.15) is 0 Å². The van der Waals surface area contributed by atoms with Gasteiger partial charge < -0.3 is 5.32 Å². The first-order valence-corrected chi connectivity index (χ1v) is 4.92. The zero-order chi connectivity index (χ0) is 8.81. The number of nitriles is 1. The summed E-state index contributed by atoms with van der Waals surface area (Å²) in [7, 11) is 0. The standard InChI is InChI=1S/C10H18N2/c1-9-4-2-5-10(9)8-12-7-3-6-11/h9-10,12H,2-5,7-8H2,1H3. The fraction of sp³-hybridized carbons (Fsp3) is 0.900. The van der Waals surface area contributed by atoms with Gasteiger partial charge in [0.15, 0.2) is 0 Å². The van der Waals surface area contributed by atoms with E-state index in [-0.39, 0.29) is 0 Å². The van der Waals surface area contributed by atoms with Crippen LogP contribution in [-0.2, 0) is 0 Å². The van der Waals surface area contributed by atoms with Crippen molar-refractivity contribution >= 4 is 0 Å². The van der Waals surface area contributed by atoms with Crippen LogP contribution in [-0.4, -0.2) is 13.1 Å². The van der Waals surface area contributed by atoms with Crippen molar-refractivity contribution in [2.75, 3.05) is 13.1 Å². The summed E-state index contributed by atoms with van der Waals surface area (Å²) in [6.45, 7) is 4.31. The molecular formula is C10H18N2. The Morgan fingerprint density at radius 2 is 2.33 bits per heavy atom. The average Bonchev–Trinajstić information content (AvgIpc) is 2.46. The molecule has 1 saturated carbocycles. The quantitative estimate of drug-likeness (QED) is 0.648. The van der Waals surface area contributed by atoms with Crippen molar-refractivity contribution in [3.05, 3.63) is 0 Å². The van der Waals surface area contributed by atoms with Gasteiger partial charge in [-0.1, -0.05) is 19.8 Å². The minimum absolute atomic E-state index is 0.640. The Labute approximate surface area is 75.0 Å². The lowest BCUT2D eigenvalue weighted by Gasteiger charge is -2.14. The molecule has 0 radical (unpaired) electrons. The molecule has 0 aliphatic heterocycles. The fourth-order valence-corrected chi connectivity index (χ4v) is 1.96. The summed E-state index contributed by atoms with van der Waals surface area (Å²) in [6.07, 6.45) is 4.80. The van der Waals surface area contributed by atoms with Crippen LogP contribution in [0.4, 0.5) is 0 Å². The summed E-state index contributed by atoms with van der Waals surface area (Å²) >= 11 is 0. The third-order valence-electron chi connectivity index (χ3n) is 2.86. The fourth-order valence-electron chi connectivity index (χ4n) is 1.96. The van der Waals surface area contributed by atoms with E-state index in [1.54, 1.807) is 0 Å². The van der Waals surface area contributed by atoms with Gasteiger partial charge >= 0.3 is 0 Å². The van der Waals surface area contributed by atoms with Crippen molar-refractivity contribution in [2.24, 2.45) is 11.8 Å². The van der Waals surface area contributed by atoms with Gasteiger partial charge in [-0.05, 0) is 24.8 Å². The first kappa shape index (κ1) is 9.54. The summed E-state index contributed by atoms with van der Waals surface area (Å²) in [5.41, 5.74) is 0. The molecule has 2 unspecified atom stereocenters. The zero-order valence-electron chi connectivity index (χ0n) is 7.84. The van der Waals surface area contributed by atoms with Gasteiger partial charge in [0.05, 0.1) is 6.07 Å². The minimum Gasteiger partial charge on any atom is -0.315 e. The third kappa shape index (κ3) is 2.83. The monoisotopic (exact) mass is 166 g/mol. The van der Waals surface area contributed by atoms with Gasteiger partial charge in [-0.3, -0.25) is 0 Å². The highest BCUT2D eigenvalue weighted by Gasteiger charge is 2.22. The highest BCUT2D eigenvalue weighted by Crippen LogP contribution is 2.30. The van der Waals surface area contributed by atoms with Crippen molar-refractivity contribution in [3.8, 4) is 6.07 Å². The molecule has 0 amide bonds. The van der Waals surface area contributed by atoms with Gasteiger partial charge in [-0.2, -0.15) is 5.26 Å². The first-order chi connectivity index (χ1) is 5.84. The van der Waals surface area contributed by atoms with Gasteiger partial charge in [-0.25, -0.2) is 0 Å². The van der Waals surface area contributed by atoms with Crippen molar-refractivity contribution in [1.82, 2.24) is 5.32 Å². The Morgan fingerprint density at radius 3 is 2.92 bits per heavy atom. The Hall–Kier alpha value is -0.550. The molecule has 0 saturated heterocycles. The molecule has 68 valence electrons. The molecule has 0 spiro atoms.